The zero-order valence-electron chi connectivity index (χ0n) is 25.3. The molecule has 2 atom stereocenters. The lowest BCUT2D eigenvalue weighted by Gasteiger charge is -2.47. The van der Waals surface area contributed by atoms with Crippen molar-refractivity contribution in [3.8, 4) is 0 Å². The number of benzene rings is 2. The third-order valence-electron chi connectivity index (χ3n) is 8.54. The molecular formula is C34H42F3N3O2. The summed E-state index contributed by atoms with van der Waals surface area (Å²) < 4.78 is 41.1. The molecule has 0 aromatic heterocycles. The van der Waals surface area contributed by atoms with Crippen molar-refractivity contribution in [2.75, 3.05) is 26.7 Å². The van der Waals surface area contributed by atoms with E-state index in [-0.39, 0.29) is 25.0 Å². The van der Waals surface area contributed by atoms with Crippen LogP contribution in [0.3, 0.4) is 0 Å². The molecule has 0 radical (unpaired) electrons. The van der Waals surface area contributed by atoms with Crippen LogP contribution < -0.4 is 0 Å². The van der Waals surface area contributed by atoms with Crippen molar-refractivity contribution in [1.82, 2.24) is 14.7 Å². The molecule has 42 heavy (non-hydrogen) atoms. The van der Waals surface area contributed by atoms with Crippen molar-refractivity contribution in [3.63, 3.8) is 0 Å². The van der Waals surface area contributed by atoms with Crippen molar-refractivity contribution < 1.29 is 22.8 Å². The molecule has 1 aliphatic rings. The molecule has 226 valence electrons. The summed E-state index contributed by atoms with van der Waals surface area (Å²) in [6, 6.07) is 10.7. The number of hydrogen-bond acceptors (Lipinski definition) is 2. The van der Waals surface area contributed by atoms with Crippen LogP contribution in [0.1, 0.15) is 60.5 Å². The Kier molecular flexibility index (Phi) is 9.81. The Balaban J connectivity index is 2.03. The SMILES string of the molecule is C=CCC(C)(CC=C)C(=O)N1CCN(C(=O)N(C)C(C)(C=C)c2cc(C)cc(C(F)(F)F)c2)[C@@H](c2ccccc2C)C1. The molecule has 0 N–H and O–H groups in total. The zero-order chi connectivity index (χ0) is 31.5. The number of rotatable bonds is 9. The number of hydrogen-bond donors (Lipinski definition) is 0. The molecule has 3 amide bonds. The van der Waals surface area contributed by atoms with E-state index in [0.29, 0.717) is 30.5 Å². The molecule has 0 spiro atoms. The third-order valence-corrected chi connectivity index (χ3v) is 8.54. The number of halogens is 3. The van der Waals surface area contributed by atoms with Gasteiger partial charge in [0.05, 0.1) is 22.6 Å². The Morgan fingerprint density at radius 2 is 1.57 bits per heavy atom. The summed E-state index contributed by atoms with van der Waals surface area (Å²) in [4.78, 5) is 33.0. The predicted octanol–water partition coefficient (Wildman–Crippen LogP) is 7.82. The van der Waals surface area contributed by atoms with Gasteiger partial charge in [-0.1, -0.05) is 61.0 Å². The number of carbonyl (C=O) groups excluding carboxylic acids is 2. The van der Waals surface area contributed by atoms with Gasteiger partial charge in [-0.15, -0.1) is 19.7 Å². The second-order valence-electron chi connectivity index (χ2n) is 11.6. The minimum absolute atomic E-state index is 0.0308. The molecule has 3 rings (SSSR count). The number of amides is 3. The van der Waals surface area contributed by atoms with E-state index in [9.17, 15) is 22.8 Å². The van der Waals surface area contributed by atoms with Gasteiger partial charge < -0.3 is 14.7 Å². The van der Waals surface area contributed by atoms with Crippen molar-refractivity contribution in [2.24, 2.45) is 5.41 Å². The molecule has 2 aromatic rings. The second-order valence-corrected chi connectivity index (χ2v) is 11.6. The smallest absolute Gasteiger partial charge is 0.338 e. The Labute approximate surface area is 248 Å². The van der Waals surface area contributed by atoms with E-state index in [1.54, 1.807) is 48.9 Å². The largest absolute Gasteiger partial charge is 0.416 e. The van der Waals surface area contributed by atoms with Gasteiger partial charge in [0, 0.05) is 26.7 Å². The van der Waals surface area contributed by atoms with Crippen molar-refractivity contribution >= 4 is 11.9 Å². The lowest BCUT2D eigenvalue weighted by Crippen LogP contribution is -2.59. The van der Waals surface area contributed by atoms with E-state index in [2.05, 4.69) is 19.7 Å². The topological polar surface area (TPSA) is 43.9 Å². The number of alkyl halides is 3. The Morgan fingerprint density at radius 1 is 0.976 bits per heavy atom. The molecule has 5 nitrogen and oxygen atoms in total. The number of aryl methyl sites for hydroxylation is 2. The fraction of sp³-hybridized carbons (Fsp3) is 0.412. The van der Waals surface area contributed by atoms with Crippen LogP contribution >= 0.6 is 0 Å². The maximum absolute atomic E-state index is 14.3. The number of urea groups is 1. The highest BCUT2D eigenvalue weighted by Crippen LogP contribution is 2.39. The normalized spacial score (nSPS) is 17.3. The van der Waals surface area contributed by atoms with E-state index in [1.807, 2.05) is 38.1 Å². The highest BCUT2D eigenvalue weighted by molar-refractivity contribution is 5.83. The minimum Gasteiger partial charge on any atom is -0.338 e. The quantitative estimate of drug-likeness (QED) is 0.284. The fourth-order valence-corrected chi connectivity index (χ4v) is 5.78. The fourth-order valence-electron chi connectivity index (χ4n) is 5.78. The highest BCUT2D eigenvalue weighted by Gasteiger charge is 2.43. The van der Waals surface area contributed by atoms with Crippen LogP contribution in [0, 0.1) is 19.3 Å². The second kappa shape index (κ2) is 12.6. The Hall–Kier alpha value is -3.81. The number of nitrogens with zero attached hydrogens (tertiary/aromatic N) is 3. The van der Waals surface area contributed by atoms with Gasteiger partial charge in [0.25, 0.3) is 0 Å². The zero-order valence-corrected chi connectivity index (χ0v) is 25.3. The van der Waals surface area contributed by atoms with E-state index in [4.69, 9.17) is 0 Å². The van der Waals surface area contributed by atoms with Gasteiger partial charge in [0.15, 0.2) is 0 Å². The molecule has 1 aliphatic heterocycles. The van der Waals surface area contributed by atoms with Crippen molar-refractivity contribution in [3.05, 3.63) is 108 Å². The molecular weight excluding hydrogens is 539 g/mol. The first-order valence-electron chi connectivity index (χ1n) is 14.1. The van der Waals surface area contributed by atoms with E-state index in [0.717, 1.165) is 23.3 Å². The van der Waals surface area contributed by atoms with E-state index < -0.39 is 28.7 Å². The first-order chi connectivity index (χ1) is 19.6. The van der Waals surface area contributed by atoms with Gasteiger partial charge in [0.1, 0.15) is 0 Å². The number of carbonyl (C=O) groups is 2. The van der Waals surface area contributed by atoms with Gasteiger partial charge in [-0.05, 0) is 62.4 Å². The van der Waals surface area contributed by atoms with Crippen LogP contribution in [-0.4, -0.2) is 53.3 Å². The molecule has 1 fully saturated rings. The molecule has 8 heteroatoms. The average Bonchev–Trinajstić information content (AvgIpc) is 2.95. The van der Waals surface area contributed by atoms with Gasteiger partial charge >= 0.3 is 12.2 Å². The van der Waals surface area contributed by atoms with Crippen LogP contribution in [0.4, 0.5) is 18.0 Å². The summed E-state index contributed by atoms with van der Waals surface area (Å²) in [7, 11) is 1.58. The molecule has 0 aliphatic carbocycles. The molecule has 0 bridgehead atoms. The standard InChI is InChI=1S/C34H42F3N3O2/c1-9-16-32(6,17-10-2)30(41)39-18-19-40(29(23-39)28-15-13-12-14-25(28)5)31(42)38(8)33(7,11-3)26-20-24(4)21-27(22-26)34(35,36)37/h9-15,20-22,29H,1-3,16-19,23H2,4-8H3/t29-,33?/m1/s1. The van der Waals surface area contributed by atoms with E-state index >= 15 is 0 Å². The van der Waals surface area contributed by atoms with Crippen LogP contribution in [0.15, 0.2) is 80.4 Å². The van der Waals surface area contributed by atoms with Gasteiger partial charge in [-0.3, -0.25) is 4.79 Å². The maximum Gasteiger partial charge on any atom is 0.416 e. The molecule has 1 saturated heterocycles. The lowest BCUT2D eigenvalue weighted by molar-refractivity contribution is -0.144. The van der Waals surface area contributed by atoms with Gasteiger partial charge in [-0.25, -0.2) is 4.79 Å². The van der Waals surface area contributed by atoms with E-state index in [1.165, 1.54) is 11.0 Å². The van der Waals surface area contributed by atoms with Crippen molar-refractivity contribution in [1.29, 1.82) is 0 Å². The first-order valence-corrected chi connectivity index (χ1v) is 14.1. The summed E-state index contributed by atoms with van der Waals surface area (Å²) in [5.74, 6) is -0.0308. The summed E-state index contributed by atoms with van der Waals surface area (Å²) in [5.41, 5.74) is -0.103. The third kappa shape index (κ3) is 6.48. The average molecular weight is 582 g/mol. The van der Waals surface area contributed by atoms with Gasteiger partial charge in [0.2, 0.25) is 5.91 Å². The number of piperazine rings is 1. The summed E-state index contributed by atoms with van der Waals surface area (Å²) in [6.07, 6.45) is 1.42. The monoisotopic (exact) mass is 581 g/mol. The van der Waals surface area contributed by atoms with Crippen LogP contribution in [0.2, 0.25) is 0 Å². The van der Waals surface area contributed by atoms with Crippen LogP contribution in [-0.2, 0) is 16.5 Å². The minimum atomic E-state index is -4.53. The first kappa shape index (κ1) is 32.7. The lowest BCUT2D eigenvalue weighted by atomic mass is 9.81. The molecule has 1 heterocycles. The Bertz CT molecular complexity index is 1340. The maximum atomic E-state index is 14.3. The Morgan fingerprint density at radius 3 is 2.12 bits per heavy atom. The summed E-state index contributed by atoms with van der Waals surface area (Å²) >= 11 is 0. The van der Waals surface area contributed by atoms with Crippen LogP contribution in [0.5, 0.6) is 0 Å². The van der Waals surface area contributed by atoms with Crippen molar-refractivity contribution in [2.45, 2.75) is 58.3 Å². The summed E-state index contributed by atoms with van der Waals surface area (Å²) in [6.45, 7) is 19.6. The molecule has 0 saturated carbocycles. The predicted molar refractivity (Wildman–Crippen MR) is 162 cm³/mol. The summed E-state index contributed by atoms with van der Waals surface area (Å²) in [5, 5.41) is 0. The van der Waals surface area contributed by atoms with Crippen LogP contribution in [0.25, 0.3) is 0 Å². The molecule has 1 unspecified atom stereocenters. The molecule has 2 aromatic carbocycles. The number of allylic oxidation sites excluding steroid dienone is 2. The highest BCUT2D eigenvalue weighted by atomic mass is 19.4. The number of likely N-dealkylation sites (N-methyl/N-ethyl adjacent to an activating group) is 1. The van der Waals surface area contributed by atoms with Gasteiger partial charge in [-0.2, -0.15) is 13.2 Å².